The van der Waals surface area contributed by atoms with Crippen LogP contribution in [-0.2, 0) is 17.8 Å². The zero-order valence-electron chi connectivity index (χ0n) is 9.97. The van der Waals surface area contributed by atoms with Gasteiger partial charge in [0.25, 0.3) is 0 Å². The van der Waals surface area contributed by atoms with Crippen LogP contribution < -0.4 is 0 Å². The van der Waals surface area contributed by atoms with Crippen LogP contribution in [-0.4, -0.2) is 28.4 Å². The van der Waals surface area contributed by atoms with E-state index in [4.69, 9.17) is 5.11 Å². The van der Waals surface area contributed by atoms with Gasteiger partial charge in [0.2, 0.25) is 0 Å². The number of fused-ring (bicyclic) bond motifs is 5. The SMILES string of the molecule is O=C(O)Cn1c2c(c3c1C1CC1C=C3)CCN=C2. The number of carbonyl (C=O) groups is 1. The Kier molecular flexibility index (Phi) is 1.88. The molecule has 0 bridgehead atoms. The number of hydrogen-bond donors (Lipinski definition) is 1. The monoisotopic (exact) mass is 242 g/mol. The lowest BCUT2D eigenvalue weighted by molar-refractivity contribution is -0.137. The molecule has 1 saturated carbocycles. The Bertz CT molecular complexity index is 610. The van der Waals surface area contributed by atoms with Crippen molar-refractivity contribution in [2.24, 2.45) is 10.9 Å². The van der Waals surface area contributed by atoms with Gasteiger partial charge < -0.3 is 9.67 Å². The van der Waals surface area contributed by atoms with Crippen LogP contribution in [0.25, 0.3) is 6.08 Å². The van der Waals surface area contributed by atoms with Gasteiger partial charge in [0.05, 0.1) is 5.69 Å². The molecule has 3 aliphatic rings. The lowest BCUT2D eigenvalue weighted by atomic mass is 9.98. The molecule has 92 valence electrons. The third-order valence-corrected chi connectivity index (χ3v) is 4.19. The molecule has 0 amide bonds. The van der Waals surface area contributed by atoms with Crippen molar-refractivity contribution in [3.05, 3.63) is 28.6 Å². The number of rotatable bonds is 2. The summed E-state index contributed by atoms with van der Waals surface area (Å²) >= 11 is 0. The predicted octanol–water partition coefficient (Wildman–Crippen LogP) is 1.68. The molecule has 1 N–H and O–H groups in total. The van der Waals surface area contributed by atoms with Crippen LogP contribution in [0.4, 0.5) is 0 Å². The van der Waals surface area contributed by atoms with Crippen LogP contribution in [0.1, 0.15) is 34.9 Å². The van der Waals surface area contributed by atoms with Crippen molar-refractivity contribution in [3.63, 3.8) is 0 Å². The second kappa shape index (κ2) is 3.34. The Labute approximate surface area is 105 Å². The average Bonchev–Trinajstić information content (AvgIpc) is 3.09. The second-order valence-corrected chi connectivity index (χ2v) is 5.29. The molecular weight excluding hydrogens is 228 g/mol. The molecule has 0 saturated heterocycles. The number of aromatic nitrogens is 1. The zero-order valence-corrected chi connectivity index (χ0v) is 9.97. The van der Waals surface area contributed by atoms with Gasteiger partial charge in [0.1, 0.15) is 6.54 Å². The number of carboxylic acid groups (broad SMARTS) is 1. The highest BCUT2D eigenvalue weighted by Gasteiger charge is 2.43. The topological polar surface area (TPSA) is 54.6 Å². The van der Waals surface area contributed by atoms with E-state index < -0.39 is 5.97 Å². The molecule has 0 spiro atoms. The highest BCUT2D eigenvalue weighted by Crippen LogP contribution is 2.54. The molecular formula is C14H14N2O2. The smallest absolute Gasteiger partial charge is 0.323 e. The number of aliphatic carboxylic acids is 1. The van der Waals surface area contributed by atoms with Gasteiger partial charge in [0.15, 0.2) is 0 Å². The molecule has 1 aliphatic heterocycles. The van der Waals surface area contributed by atoms with E-state index >= 15 is 0 Å². The second-order valence-electron chi connectivity index (χ2n) is 5.29. The van der Waals surface area contributed by atoms with Gasteiger partial charge in [-0.2, -0.15) is 0 Å². The minimum Gasteiger partial charge on any atom is -0.480 e. The average molecular weight is 242 g/mol. The van der Waals surface area contributed by atoms with E-state index in [0.717, 1.165) is 18.7 Å². The van der Waals surface area contributed by atoms with Gasteiger partial charge in [-0.1, -0.05) is 12.2 Å². The highest BCUT2D eigenvalue weighted by molar-refractivity contribution is 5.86. The summed E-state index contributed by atoms with van der Waals surface area (Å²) in [6, 6.07) is 0. The van der Waals surface area contributed by atoms with Crippen molar-refractivity contribution < 1.29 is 9.90 Å². The Hall–Kier alpha value is -1.84. The third-order valence-electron chi connectivity index (χ3n) is 4.19. The van der Waals surface area contributed by atoms with Gasteiger partial charge in [0, 0.05) is 24.4 Å². The summed E-state index contributed by atoms with van der Waals surface area (Å²) in [4.78, 5) is 15.4. The van der Waals surface area contributed by atoms with Crippen LogP contribution in [0.5, 0.6) is 0 Å². The predicted molar refractivity (Wildman–Crippen MR) is 68.1 cm³/mol. The first kappa shape index (κ1) is 10.1. The van der Waals surface area contributed by atoms with Crippen LogP contribution in [0.3, 0.4) is 0 Å². The quantitative estimate of drug-likeness (QED) is 0.857. The molecule has 2 unspecified atom stereocenters. The summed E-state index contributed by atoms with van der Waals surface area (Å²) in [6.07, 6.45) is 8.43. The zero-order chi connectivity index (χ0) is 12.3. The Morgan fingerprint density at radius 3 is 3.28 bits per heavy atom. The molecule has 1 aromatic rings. The Balaban J connectivity index is 1.95. The maximum atomic E-state index is 11.1. The number of carboxylic acids is 1. The van der Waals surface area contributed by atoms with Gasteiger partial charge in [-0.25, -0.2) is 0 Å². The molecule has 0 aromatic carbocycles. The molecule has 1 fully saturated rings. The molecule has 2 aliphatic carbocycles. The van der Waals surface area contributed by atoms with E-state index in [1.807, 2.05) is 10.8 Å². The standard InChI is InChI=1S/C14H14N2O2/c17-13(18)7-16-12-6-15-4-3-9(12)10-2-1-8-5-11(8)14(10)16/h1-2,6,8,11H,3-5,7H2,(H,17,18). The van der Waals surface area contributed by atoms with E-state index in [9.17, 15) is 4.79 Å². The number of aliphatic imine (C=N–C) groups is 1. The molecule has 2 atom stereocenters. The number of allylic oxidation sites excluding steroid dienone is 1. The van der Waals surface area contributed by atoms with Crippen molar-refractivity contribution in [3.8, 4) is 0 Å². The van der Waals surface area contributed by atoms with Crippen LogP contribution in [0.2, 0.25) is 0 Å². The summed E-state index contributed by atoms with van der Waals surface area (Å²) in [5.74, 6) is 0.406. The summed E-state index contributed by atoms with van der Waals surface area (Å²) in [5, 5.41) is 9.10. The lowest BCUT2D eigenvalue weighted by Crippen LogP contribution is -2.16. The minimum atomic E-state index is -0.777. The van der Waals surface area contributed by atoms with Crippen LogP contribution in [0, 0.1) is 5.92 Å². The molecule has 4 heteroatoms. The van der Waals surface area contributed by atoms with Crippen molar-refractivity contribution in [2.75, 3.05) is 6.54 Å². The van der Waals surface area contributed by atoms with Crippen molar-refractivity contribution in [1.82, 2.24) is 4.57 Å². The minimum absolute atomic E-state index is 0.0563. The normalized spacial score (nSPS) is 26.4. The molecule has 18 heavy (non-hydrogen) atoms. The van der Waals surface area contributed by atoms with Gasteiger partial charge >= 0.3 is 5.97 Å². The largest absolute Gasteiger partial charge is 0.480 e. The fraction of sp³-hybridized carbons (Fsp3) is 0.429. The van der Waals surface area contributed by atoms with E-state index in [2.05, 4.69) is 17.1 Å². The fourth-order valence-corrected chi connectivity index (χ4v) is 3.32. The van der Waals surface area contributed by atoms with E-state index in [1.54, 1.807) is 0 Å². The van der Waals surface area contributed by atoms with Gasteiger partial charge in [-0.15, -0.1) is 0 Å². The molecule has 4 nitrogen and oxygen atoms in total. The molecule has 4 rings (SSSR count). The van der Waals surface area contributed by atoms with Crippen molar-refractivity contribution in [1.29, 1.82) is 0 Å². The number of nitrogens with zero attached hydrogens (tertiary/aromatic N) is 2. The van der Waals surface area contributed by atoms with Gasteiger partial charge in [-0.05, 0) is 29.9 Å². The van der Waals surface area contributed by atoms with Crippen LogP contribution in [0.15, 0.2) is 11.1 Å². The first-order chi connectivity index (χ1) is 8.75. The maximum Gasteiger partial charge on any atom is 0.323 e. The Morgan fingerprint density at radius 1 is 1.56 bits per heavy atom. The third kappa shape index (κ3) is 1.26. The van der Waals surface area contributed by atoms with E-state index in [1.165, 1.54) is 23.2 Å². The Morgan fingerprint density at radius 2 is 2.44 bits per heavy atom. The summed E-state index contributed by atoms with van der Waals surface area (Å²) < 4.78 is 1.98. The lowest BCUT2D eigenvalue weighted by Gasteiger charge is -2.11. The first-order valence-electron chi connectivity index (χ1n) is 6.41. The van der Waals surface area contributed by atoms with Gasteiger partial charge in [-0.3, -0.25) is 9.79 Å². The van der Waals surface area contributed by atoms with Crippen molar-refractivity contribution >= 4 is 18.3 Å². The van der Waals surface area contributed by atoms with E-state index in [0.29, 0.717) is 11.8 Å². The summed E-state index contributed by atoms with van der Waals surface area (Å²) in [6.45, 7) is 0.874. The highest BCUT2D eigenvalue weighted by atomic mass is 16.4. The maximum absolute atomic E-state index is 11.1. The number of hydrogen-bond acceptors (Lipinski definition) is 2. The fourth-order valence-electron chi connectivity index (χ4n) is 3.32. The van der Waals surface area contributed by atoms with Crippen LogP contribution >= 0.6 is 0 Å². The van der Waals surface area contributed by atoms with Crippen molar-refractivity contribution in [2.45, 2.75) is 25.3 Å². The molecule has 2 heterocycles. The van der Waals surface area contributed by atoms with E-state index in [-0.39, 0.29) is 6.54 Å². The molecule has 0 radical (unpaired) electrons. The summed E-state index contributed by atoms with van der Waals surface area (Å²) in [7, 11) is 0. The molecule has 1 aromatic heterocycles. The first-order valence-corrected chi connectivity index (χ1v) is 6.41. The summed E-state index contributed by atoms with van der Waals surface area (Å²) in [5.41, 5.74) is 4.83.